The lowest BCUT2D eigenvalue weighted by Crippen LogP contribution is -2.50. The summed E-state index contributed by atoms with van der Waals surface area (Å²) in [6.45, 7) is 0.528. The standard InChI is InChI=1S/C26H30N10O3/c1-36(2)18-11-10-15(14-28)13-20(18)38-24-21-22(31-17(23(37)33-21)8-5-6-12-27)34-26(35-24)39-19-9-4-3-7-16(19)32-25(29)30/h3-4,7,9-11,13,17H,5-6,8,12,27H2,1-2H3,(H,33,37)(H4,29,30,32)(H,31,34,35). The Morgan fingerprint density at radius 1 is 1.18 bits per heavy atom. The molecule has 13 nitrogen and oxygen atoms in total. The third-order valence-electron chi connectivity index (χ3n) is 5.79. The summed E-state index contributed by atoms with van der Waals surface area (Å²) in [5.74, 6) is 0.469. The van der Waals surface area contributed by atoms with Crippen molar-refractivity contribution in [3.63, 3.8) is 0 Å². The number of para-hydroxylation sites is 2. The van der Waals surface area contributed by atoms with Gasteiger partial charge in [0.25, 0.3) is 5.88 Å². The molecule has 0 radical (unpaired) electrons. The van der Waals surface area contributed by atoms with Gasteiger partial charge in [0.05, 0.1) is 23.0 Å². The van der Waals surface area contributed by atoms with Crippen molar-refractivity contribution in [1.29, 1.82) is 10.7 Å². The van der Waals surface area contributed by atoms with Gasteiger partial charge in [-0.15, -0.1) is 0 Å². The van der Waals surface area contributed by atoms with E-state index in [1.54, 1.807) is 42.5 Å². The molecule has 13 heteroatoms. The molecule has 0 aromatic heterocycles. The number of carbonyl (C=O) groups is 1. The van der Waals surface area contributed by atoms with Gasteiger partial charge in [0.15, 0.2) is 23.3 Å². The highest BCUT2D eigenvalue weighted by molar-refractivity contribution is 6.14. The molecule has 0 aliphatic carbocycles. The SMILES string of the molecule is CN(C)c1ccc(C#N)cc1OC1=C2NC(=O)C(CCCCN)N=C2NC(Oc2ccccc2NC(=N)N)=N1. The summed E-state index contributed by atoms with van der Waals surface area (Å²) >= 11 is 0. The van der Waals surface area contributed by atoms with Crippen LogP contribution in [0.1, 0.15) is 24.8 Å². The van der Waals surface area contributed by atoms with E-state index in [9.17, 15) is 10.1 Å². The highest BCUT2D eigenvalue weighted by atomic mass is 16.5. The average Bonchev–Trinajstić information content (AvgIpc) is 2.90. The van der Waals surface area contributed by atoms with Gasteiger partial charge in [-0.25, -0.2) is 0 Å². The van der Waals surface area contributed by atoms with Crippen LogP contribution in [0.15, 0.2) is 64.0 Å². The Balaban J connectivity index is 1.75. The van der Waals surface area contributed by atoms with Crippen molar-refractivity contribution in [2.24, 2.45) is 21.5 Å². The number of carbonyl (C=O) groups excluding carboxylic acids is 1. The Hall–Kier alpha value is -5.09. The van der Waals surface area contributed by atoms with E-state index >= 15 is 0 Å². The number of nitrogens with zero attached hydrogens (tertiary/aromatic N) is 4. The van der Waals surface area contributed by atoms with E-state index < -0.39 is 6.04 Å². The predicted molar refractivity (Wildman–Crippen MR) is 149 cm³/mol. The van der Waals surface area contributed by atoms with E-state index in [-0.39, 0.29) is 29.5 Å². The van der Waals surface area contributed by atoms with Crippen molar-refractivity contribution in [2.75, 3.05) is 30.9 Å². The zero-order valence-corrected chi connectivity index (χ0v) is 21.6. The van der Waals surface area contributed by atoms with Crippen LogP contribution in [-0.4, -0.2) is 50.4 Å². The fourth-order valence-electron chi connectivity index (χ4n) is 3.92. The second-order valence-corrected chi connectivity index (χ2v) is 8.92. The smallest absolute Gasteiger partial charge is 0.304 e. The number of rotatable bonds is 9. The first kappa shape index (κ1) is 27.0. The first-order chi connectivity index (χ1) is 18.8. The number of guanidine groups is 1. The van der Waals surface area contributed by atoms with E-state index in [0.29, 0.717) is 47.2 Å². The van der Waals surface area contributed by atoms with E-state index in [0.717, 1.165) is 12.8 Å². The largest absolute Gasteiger partial charge is 0.435 e. The van der Waals surface area contributed by atoms with Gasteiger partial charge in [0.2, 0.25) is 5.91 Å². The summed E-state index contributed by atoms with van der Waals surface area (Å²) in [5, 5.41) is 25.6. The number of amides is 1. The lowest BCUT2D eigenvalue weighted by Gasteiger charge is -2.28. The number of benzene rings is 2. The molecular weight excluding hydrogens is 500 g/mol. The fourth-order valence-corrected chi connectivity index (χ4v) is 3.92. The third kappa shape index (κ3) is 6.43. The molecule has 8 N–H and O–H groups in total. The van der Waals surface area contributed by atoms with E-state index in [1.165, 1.54) is 0 Å². The van der Waals surface area contributed by atoms with E-state index in [1.807, 2.05) is 19.0 Å². The second kappa shape index (κ2) is 12.0. The van der Waals surface area contributed by atoms with Crippen LogP contribution in [0.3, 0.4) is 0 Å². The Morgan fingerprint density at radius 2 is 1.97 bits per heavy atom. The molecule has 2 aliphatic heterocycles. The molecule has 0 fully saturated rings. The van der Waals surface area contributed by atoms with Gasteiger partial charge in [-0.2, -0.15) is 10.3 Å². The molecule has 1 amide bonds. The lowest BCUT2D eigenvalue weighted by molar-refractivity contribution is -0.122. The summed E-state index contributed by atoms with van der Waals surface area (Å²) in [5.41, 5.74) is 12.9. The molecule has 2 aromatic rings. The Morgan fingerprint density at radius 3 is 2.69 bits per heavy atom. The Labute approximate surface area is 225 Å². The number of unbranched alkanes of at least 4 members (excludes halogenated alkanes) is 1. The first-order valence-electron chi connectivity index (χ1n) is 12.3. The molecule has 0 saturated heterocycles. The highest BCUT2D eigenvalue weighted by Gasteiger charge is 2.34. The minimum atomic E-state index is -0.630. The number of fused-ring (bicyclic) bond motifs is 1. The second-order valence-electron chi connectivity index (χ2n) is 8.92. The van der Waals surface area contributed by atoms with Crippen molar-refractivity contribution < 1.29 is 14.3 Å². The molecular formula is C26H30N10O3. The highest BCUT2D eigenvalue weighted by Crippen LogP contribution is 2.32. The molecule has 1 atom stereocenters. The van der Waals surface area contributed by atoms with Crippen LogP contribution < -0.4 is 41.8 Å². The summed E-state index contributed by atoms with van der Waals surface area (Å²) in [6.07, 6.45) is 2.03. The maximum absolute atomic E-state index is 12.9. The van der Waals surface area contributed by atoms with Crippen molar-refractivity contribution in [2.45, 2.75) is 25.3 Å². The number of hydrogen-bond acceptors (Lipinski definition) is 10. The number of nitrogens with one attached hydrogen (secondary N) is 4. The number of anilines is 2. The number of hydrogen-bond donors (Lipinski definition) is 6. The minimum Gasteiger partial charge on any atom is -0.435 e. The zero-order valence-electron chi connectivity index (χ0n) is 21.6. The van der Waals surface area contributed by atoms with Gasteiger partial charge in [-0.3, -0.25) is 20.5 Å². The lowest BCUT2D eigenvalue weighted by atomic mass is 10.1. The van der Waals surface area contributed by atoms with Gasteiger partial charge in [-0.05, 0) is 50.1 Å². The fraction of sp³-hybridized carbons (Fsp3) is 0.269. The quantitative estimate of drug-likeness (QED) is 0.158. The van der Waals surface area contributed by atoms with Crippen LogP contribution in [0, 0.1) is 16.7 Å². The third-order valence-corrected chi connectivity index (χ3v) is 5.79. The zero-order chi connectivity index (χ0) is 27.9. The van der Waals surface area contributed by atoms with Gasteiger partial charge in [0.1, 0.15) is 11.7 Å². The van der Waals surface area contributed by atoms with Crippen LogP contribution in [0.5, 0.6) is 11.5 Å². The van der Waals surface area contributed by atoms with Crippen LogP contribution in [0.25, 0.3) is 0 Å². The average molecular weight is 531 g/mol. The van der Waals surface area contributed by atoms with Gasteiger partial charge in [-0.1, -0.05) is 12.1 Å². The topological polar surface area (TPSA) is 199 Å². The monoisotopic (exact) mass is 530 g/mol. The molecule has 0 bridgehead atoms. The van der Waals surface area contributed by atoms with Crippen LogP contribution in [0.4, 0.5) is 11.4 Å². The summed E-state index contributed by atoms with van der Waals surface area (Å²) in [6, 6.07) is 13.4. The number of aliphatic imine (C=N–C) groups is 2. The van der Waals surface area contributed by atoms with Crippen molar-refractivity contribution in [3.8, 4) is 17.6 Å². The molecule has 0 spiro atoms. The Kier molecular flexibility index (Phi) is 8.27. The van der Waals surface area contributed by atoms with Crippen LogP contribution in [0.2, 0.25) is 0 Å². The van der Waals surface area contributed by atoms with Gasteiger partial charge < -0.3 is 36.5 Å². The van der Waals surface area contributed by atoms with Crippen molar-refractivity contribution in [3.05, 3.63) is 59.6 Å². The summed E-state index contributed by atoms with van der Waals surface area (Å²) in [4.78, 5) is 23.8. The van der Waals surface area contributed by atoms with Crippen molar-refractivity contribution in [1.82, 2.24) is 10.6 Å². The molecule has 2 aliphatic rings. The molecule has 4 rings (SSSR count). The van der Waals surface area contributed by atoms with Gasteiger partial charge in [0, 0.05) is 20.2 Å². The number of nitriles is 1. The predicted octanol–water partition coefficient (Wildman–Crippen LogP) is 1.54. The van der Waals surface area contributed by atoms with Crippen molar-refractivity contribution >= 4 is 35.1 Å². The number of ether oxygens (including phenoxy) is 2. The maximum atomic E-state index is 12.9. The summed E-state index contributed by atoms with van der Waals surface area (Å²) < 4.78 is 12.2. The number of nitrogens with two attached hydrogens (primary N) is 2. The molecule has 202 valence electrons. The first-order valence-corrected chi connectivity index (χ1v) is 12.3. The molecule has 39 heavy (non-hydrogen) atoms. The van der Waals surface area contributed by atoms with Gasteiger partial charge >= 0.3 is 6.02 Å². The normalized spacial score (nSPS) is 16.1. The molecule has 2 heterocycles. The number of amidine groups is 2. The maximum Gasteiger partial charge on any atom is 0.304 e. The Bertz CT molecular complexity index is 1410. The minimum absolute atomic E-state index is 0.0185. The van der Waals surface area contributed by atoms with E-state index in [2.05, 4.69) is 32.0 Å². The molecule has 2 aromatic carbocycles. The van der Waals surface area contributed by atoms with E-state index in [4.69, 9.17) is 26.4 Å². The molecule has 0 saturated carbocycles. The molecule has 1 unspecified atom stereocenters. The van der Waals surface area contributed by atoms with Crippen LogP contribution in [-0.2, 0) is 4.79 Å². The summed E-state index contributed by atoms with van der Waals surface area (Å²) in [7, 11) is 3.68. The van der Waals surface area contributed by atoms with Crippen LogP contribution >= 0.6 is 0 Å².